The van der Waals surface area contributed by atoms with Crippen LogP contribution < -0.4 is 9.64 Å². The summed E-state index contributed by atoms with van der Waals surface area (Å²) < 4.78 is 6.66. The number of rotatable bonds is 7. The lowest BCUT2D eigenvalue weighted by Gasteiger charge is -2.19. The third-order valence-corrected chi connectivity index (χ3v) is 5.79. The SMILES string of the molecule is Cc1cc(Cl)cc2sc(N(Cc3ccccn3)C(=O)CCOc3ccccc3)nc12. The van der Waals surface area contributed by atoms with Crippen molar-refractivity contribution in [1.82, 2.24) is 9.97 Å². The summed E-state index contributed by atoms with van der Waals surface area (Å²) in [5.74, 6) is 0.672. The van der Waals surface area contributed by atoms with Gasteiger partial charge in [-0.25, -0.2) is 4.98 Å². The monoisotopic (exact) mass is 437 g/mol. The van der Waals surface area contributed by atoms with Crippen LogP contribution >= 0.6 is 22.9 Å². The number of nitrogens with zero attached hydrogens (tertiary/aromatic N) is 3. The van der Waals surface area contributed by atoms with E-state index in [9.17, 15) is 4.79 Å². The molecule has 0 aliphatic rings. The average molecular weight is 438 g/mol. The molecule has 0 bridgehead atoms. The highest BCUT2D eigenvalue weighted by Crippen LogP contribution is 2.33. The Morgan fingerprint density at radius 1 is 1.13 bits per heavy atom. The molecule has 0 atom stereocenters. The summed E-state index contributed by atoms with van der Waals surface area (Å²) in [4.78, 5) is 23.9. The minimum Gasteiger partial charge on any atom is -0.493 e. The maximum absolute atomic E-state index is 13.1. The smallest absolute Gasteiger partial charge is 0.232 e. The topological polar surface area (TPSA) is 55.3 Å². The zero-order chi connectivity index (χ0) is 20.9. The first-order valence-corrected chi connectivity index (χ1v) is 10.7. The summed E-state index contributed by atoms with van der Waals surface area (Å²) >= 11 is 7.66. The molecule has 0 aliphatic carbocycles. The Labute approximate surface area is 183 Å². The number of ether oxygens (including phenoxy) is 1. The number of halogens is 1. The first-order chi connectivity index (χ1) is 14.6. The number of aromatic nitrogens is 2. The maximum Gasteiger partial charge on any atom is 0.232 e. The number of aryl methyl sites for hydroxylation is 1. The molecule has 2 aromatic carbocycles. The lowest BCUT2D eigenvalue weighted by molar-refractivity contribution is -0.119. The Kier molecular flexibility index (Phi) is 6.26. The second-order valence-corrected chi connectivity index (χ2v) is 8.22. The van der Waals surface area contributed by atoms with Crippen molar-refractivity contribution in [2.45, 2.75) is 19.9 Å². The molecule has 30 heavy (non-hydrogen) atoms. The van der Waals surface area contributed by atoms with Crippen molar-refractivity contribution in [2.75, 3.05) is 11.5 Å². The van der Waals surface area contributed by atoms with Crippen molar-refractivity contribution in [2.24, 2.45) is 0 Å². The van der Waals surface area contributed by atoms with E-state index in [1.54, 1.807) is 11.1 Å². The highest BCUT2D eigenvalue weighted by atomic mass is 35.5. The quantitative estimate of drug-likeness (QED) is 0.374. The largest absolute Gasteiger partial charge is 0.493 e. The number of benzene rings is 2. The molecule has 0 N–H and O–H groups in total. The van der Waals surface area contributed by atoms with Crippen molar-refractivity contribution in [3.8, 4) is 5.75 Å². The van der Waals surface area contributed by atoms with Gasteiger partial charge >= 0.3 is 0 Å². The number of hydrogen-bond donors (Lipinski definition) is 0. The van der Waals surface area contributed by atoms with Gasteiger partial charge in [0.1, 0.15) is 5.75 Å². The predicted molar refractivity (Wildman–Crippen MR) is 121 cm³/mol. The zero-order valence-corrected chi connectivity index (χ0v) is 18.0. The van der Waals surface area contributed by atoms with Gasteiger partial charge < -0.3 is 4.74 Å². The summed E-state index contributed by atoms with van der Waals surface area (Å²) in [5, 5.41) is 1.29. The van der Waals surface area contributed by atoms with Gasteiger partial charge in [0.15, 0.2) is 5.13 Å². The lowest BCUT2D eigenvalue weighted by Crippen LogP contribution is -2.31. The number of hydrogen-bond acceptors (Lipinski definition) is 5. The fourth-order valence-corrected chi connectivity index (χ4v) is 4.52. The summed E-state index contributed by atoms with van der Waals surface area (Å²) in [5.41, 5.74) is 2.64. The first-order valence-electron chi connectivity index (χ1n) is 9.55. The highest BCUT2D eigenvalue weighted by Gasteiger charge is 2.21. The normalized spacial score (nSPS) is 10.9. The van der Waals surface area contributed by atoms with Crippen molar-refractivity contribution in [3.63, 3.8) is 0 Å². The molecule has 152 valence electrons. The molecule has 2 heterocycles. The van der Waals surface area contributed by atoms with E-state index in [4.69, 9.17) is 21.3 Å². The molecule has 4 rings (SSSR count). The fraction of sp³-hybridized carbons (Fsp3) is 0.174. The first kappa shape index (κ1) is 20.3. The number of para-hydroxylation sites is 1. The fourth-order valence-electron chi connectivity index (χ4n) is 3.08. The Morgan fingerprint density at radius 2 is 1.93 bits per heavy atom. The van der Waals surface area contributed by atoms with E-state index in [0.717, 1.165) is 27.2 Å². The van der Waals surface area contributed by atoms with E-state index < -0.39 is 0 Å². The molecule has 0 unspecified atom stereocenters. The second-order valence-electron chi connectivity index (χ2n) is 6.78. The van der Waals surface area contributed by atoms with Crippen LogP contribution in [0.15, 0.2) is 66.9 Å². The molecule has 7 heteroatoms. The molecule has 0 fully saturated rings. The lowest BCUT2D eigenvalue weighted by atomic mass is 10.2. The number of fused-ring (bicyclic) bond motifs is 1. The van der Waals surface area contributed by atoms with Crippen LogP contribution in [-0.2, 0) is 11.3 Å². The number of amides is 1. The van der Waals surface area contributed by atoms with Gasteiger partial charge in [0.05, 0.1) is 35.5 Å². The molecule has 5 nitrogen and oxygen atoms in total. The molecule has 0 saturated heterocycles. The van der Waals surface area contributed by atoms with Gasteiger partial charge in [-0.15, -0.1) is 0 Å². The van der Waals surface area contributed by atoms with Crippen LogP contribution in [0.2, 0.25) is 5.02 Å². The summed E-state index contributed by atoms with van der Waals surface area (Å²) in [7, 11) is 0. The van der Waals surface area contributed by atoms with Gasteiger partial charge in [-0.3, -0.25) is 14.7 Å². The van der Waals surface area contributed by atoms with Crippen molar-refractivity contribution in [1.29, 1.82) is 0 Å². The van der Waals surface area contributed by atoms with Crippen molar-refractivity contribution < 1.29 is 9.53 Å². The minimum absolute atomic E-state index is 0.0700. The molecule has 2 aromatic heterocycles. The van der Waals surface area contributed by atoms with Crippen molar-refractivity contribution >= 4 is 44.2 Å². The standard InChI is InChI=1S/C23H20ClN3O2S/c1-16-13-17(24)14-20-22(16)26-23(30-20)27(15-18-7-5-6-11-25-18)21(28)10-12-29-19-8-3-2-4-9-19/h2-9,11,13-14H,10,12,15H2,1H3. The van der Waals surface area contributed by atoms with Gasteiger partial charge in [0.25, 0.3) is 0 Å². The number of carbonyl (C=O) groups excluding carboxylic acids is 1. The predicted octanol–water partition coefficient (Wildman–Crippen LogP) is 5.66. The second kappa shape index (κ2) is 9.24. The molecular formula is C23H20ClN3O2S. The van der Waals surface area contributed by atoms with E-state index in [1.165, 1.54) is 11.3 Å². The third-order valence-electron chi connectivity index (χ3n) is 4.55. The van der Waals surface area contributed by atoms with Crippen LogP contribution in [0.4, 0.5) is 5.13 Å². The van der Waals surface area contributed by atoms with Crippen LogP contribution in [0.1, 0.15) is 17.7 Å². The van der Waals surface area contributed by atoms with Crippen LogP contribution in [0.25, 0.3) is 10.2 Å². The summed E-state index contributed by atoms with van der Waals surface area (Å²) in [6, 6.07) is 18.9. The van der Waals surface area contributed by atoms with Crippen molar-refractivity contribution in [3.05, 3.63) is 83.1 Å². The Balaban J connectivity index is 1.57. The van der Waals surface area contributed by atoms with E-state index in [2.05, 4.69) is 4.98 Å². The molecule has 0 saturated carbocycles. The van der Waals surface area contributed by atoms with Gasteiger partial charge in [0.2, 0.25) is 5.91 Å². The number of anilines is 1. The van der Waals surface area contributed by atoms with E-state index in [1.807, 2.05) is 67.6 Å². The Hall–Kier alpha value is -2.96. The molecular weight excluding hydrogens is 418 g/mol. The van der Waals surface area contributed by atoms with Crippen LogP contribution in [0.3, 0.4) is 0 Å². The molecule has 0 spiro atoms. The Morgan fingerprint density at radius 3 is 2.70 bits per heavy atom. The maximum atomic E-state index is 13.1. The van der Waals surface area contributed by atoms with Crippen LogP contribution in [0.5, 0.6) is 5.75 Å². The number of carbonyl (C=O) groups is 1. The van der Waals surface area contributed by atoms with E-state index in [0.29, 0.717) is 16.7 Å². The Bertz CT molecular complexity index is 1150. The molecule has 4 aromatic rings. The van der Waals surface area contributed by atoms with Gasteiger partial charge in [-0.2, -0.15) is 0 Å². The zero-order valence-electron chi connectivity index (χ0n) is 16.4. The summed E-state index contributed by atoms with van der Waals surface area (Å²) in [6.07, 6.45) is 1.95. The summed E-state index contributed by atoms with van der Waals surface area (Å²) in [6.45, 7) is 2.60. The average Bonchev–Trinajstić information content (AvgIpc) is 3.17. The molecule has 1 amide bonds. The third kappa shape index (κ3) is 4.78. The number of thiazole rings is 1. The van der Waals surface area contributed by atoms with Crippen LogP contribution in [-0.4, -0.2) is 22.5 Å². The number of pyridine rings is 1. The van der Waals surface area contributed by atoms with Gasteiger partial charge in [0, 0.05) is 11.2 Å². The van der Waals surface area contributed by atoms with Gasteiger partial charge in [-0.05, 0) is 48.9 Å². The molecule has 0 aliphatic heterocycles. The van der Waals surface area contributed by atoms with Gasteiger partial charge in [-0.1, -0.05) is 47.2 Å². The van der Waals surface area contributed by atoms with E-state index >= 15 is 0 Å². The molecule has 0 radical (unpaired) electrons. The highest BCUT2D eigenvalue weighted by molar-refractivity contribution is 7.22. The van der Waals surface area contributed by atoms with Crippen LogP contribution in [0, 0.1) is 6.92 Å². The minimum atomic E-state index is -0.0700. The van der Waals surface area contributed by atoms with E-state index in [-0.39, 0.29) is 18.9 Å².